The van der Waals surface area contributed by atoms with E-state index in [0.717, 1.165) is 17.8 Å². The molecule has 0 saturated heterocycles. The third-order valence-corrected chi connectivity index (χ3v) is 3.40. The van der Waals surface area contributed by atoms with E-state index >= 15 is 0 Å². The standard InChI is InChI=1S/C14H20N6/c1-5-13-17-19-14(20(13)15)18-16-8-12-7-10(3)9(2)6-11(12)4/h6-8H,5,15H2,1-4H3,(H,18,19)/p+1. The van der Waals surface area contributed by atoms with Crippen molar-refractivity contribution < 1.29 is 4.68 Å². The van der Waals surface area contributed by atoms with E-state index in [1.165, 1.54) is 21.4 Å². The van der Waals surface area contributed by atoms with E-state index in [1.807, 2.05) is 6.92 Å². The molecule has 1 aromatic heterocycles. The molecule has 1 aromatic carbocycles. The molecule has 0 fully saturated rings. The molecule has 20 heavy (non-hydrogen) atoms. The van der Waals surface area contributed by atoms with E-state index in [9.17, 15) is 0 Å². The van der Waals surface area contributed by atoms with Crippen molar-refractivity contribution >= 4 is 12.2 Å². The first-order valence-electron chi connectivity index (χ1n) is 6.64. The summed E-state index contributed by atoms with van der Waals surface area (Å²) >= 11 is 0. The number of hydrogen-bond acceptors (Lipinski definition) is 4. The molecule has 2 aromatic rings. The Labute approximate surface area is 118 Å². The molecule has 0 aliphatic carbocycles. The van der Waals surface area contributed by atoms with Crippen LogP contribution in [-0.4, -0.2) is 16.4 Å². The van der Waals surface area contributed by atoms with Gasteiger partial charge in [0.25, 0.3) is 0 Å². The highest BCUT2D eigenvalue weighted by molar-refractivity contribution is 5.82. The summed E-state index contributed by atoms with van der Waals surface area (Å²) in [5.74, 6) is 7.18. The third kappa shape index (κ3) is 2.79. The van der Waals surface area contributed by atoms with E-state index in [2.05, 4.69) is 53.6 Å². The summed E-state index contributed by atoms with van der Waals surface area (Å²) in [5, 5.41) is 11.1. The lowest BCUT2D eigenvalue weighted by Gasteiger charge is -2.05. The topological polar surface area (TPSA) is 83.0 Å². The monoisotopic (exact) mass is 273 g/mol. The second-order valence-corrected chi connectivity index (χ2v) is 4.88. The number of aromatic amines is 1. The number of aromatic nitrogens is 3. The molecule has 0 aliphatic rings. The number of anilines is 1. The van der Waals surface area contributed by atoms with Crippen molar-refractivity contribution in [1.29, 1.82) is 0 Å². The Morgan fingerprint density at radius 3 is 2.65 bits per heavy atom. The van der Waals surface area contributed by atoms with Gasteiger partial charge in [-0.15, -0.1) is 9.78 Å². The smallest absolute Gasteiger partial charge is 0.298 e. The lowest BCUT2D eigenvalue weighted by molar-refractivity contribution is -0.632. The zero-order valence-corrected chi connectivity index (χ0v) is 12.4. The molecule has 0 aliphatic heterocycles. The zero-order valence-electron chi connectivity index (χ0n) is 12.4. The molecule has 2 rings (SSSR count). The van der Waals surface area contributed by atoms with Crippen molar-refractivity contribution in [2.24, 2.45) is 5.10 Å². The van der Waals surface area contributed by atoms with Crippen LogP contribution in [0.4, 0.5) is 5.95 Å². The summed E-state index contributed by atoms with van der Waals surface area (Å²) in [6.45, 7) is 8.27. The van der Waals surface area contributed by atoms with Gasteiger partial charge in [-0.1, -0.05) is 13.0 Å². The lowest BCUT2D eigenvalue weighted by atomic mass is 10.0. The van der Waals surface area contributed by atoms with Gasteiger partial charge in [0.1, 0.15) is 0 Å². The number of hydrazone groups is 1. The summed E-state index contributed by atoms with van der Waals surface area (Å²) in [6, 6.07) is 4.28. The summed E-state index contributed by atoms with van der Waals surface area (Å²) in [7, 11) is 0. The van der Waals surface area contributed by atoms with Crippen LogP contribution in [0.5, 0.6) is 0 Å². The summed E-state index contributed by atoms with van der Waals surface area (Å²) in [5.41, 5.74) is 7.65. The van der Waals surface area contributed by atoms with Crippen LogP contribution in [0.15, 0.2) is 17.2 Å². The second kappa shape index (κ2) is 5.73. The van der Waals surface area contributed by atoms with Gasteiger partial charge in [-0.05, 0) is 49.1 Å². The number of nitrogens with one attached hydrogen (secondary N) is 2. The van der Waals surface area contributed by atoms with Gasteiger partial charge in [-0.2, -0.15) is 10.5 Å². The third-order valence-electron chi connectivity index (χ3n) is 3.40. The van der Waals surface area contributed by atoms with Crippen molar-refractivity contribution in [3.63, 3.8) is 0 Å². The largest absolute Gasteiger partial charge is 0.421 e. The van der Waals surface area contributed by atoms with Crippen molar-refractivity contribution in [2.75, 3.05) is 11.3 Å². The molecule has 4 N–H and O–H groups in total. The highest BCUT2D eigenvalue weighted by Gasteiger charge is 2.14. The van der Waals surface area contributed by atoms with E-state index in [-0.39, 0.29) is 0 Å². The van der Waals surface area contributed by atoms with Crippen molar-refractivity contribution in [2.45, 2.75) is 34.1 Å². The number of nitrogen functional groups attached to an aromatic ring is 1. The van der Waals surface area contributed by atoms with E-state index in [4.69, 9.17) is 5.84 Å². The normalized spacial score (nSPS) is 11.2. The predicted octanol–water partition coefficient (Wildman–Crippen LogP) is 1.34. The van der Waals surface area contributed by atoms with Crippen LogP contribution in [-0.2, 0) is 6.42 Å². The maximum Gasteiger partial charge on any atom is 0.421 e. The minimum atomic E-state index is 0.486. The molecular weight excluding hydrogens is 252 g/mol. The van der Waals surface area contributed by atoms with Crippen LogP contribution < -0.4 is 15.9 Å². The maximum absolute atomic E-state index is 5.85. The second-order valence-electron chi connectivity index (χ2n) is 4.88. The van der Waals surface area contributed by atoms with Gasteiger partial charge in [-0.3, -0.25) is 5.84 Å². The van der Waals surface area contributed by atoms with Gasteiger partial charge in [-0.25, -0.2) is 0 Å². The number of benzene rings is 1. The summed E-state index contributed by atoms with van der Waals surface area (Å²) < 4.78 is 1.46. The number of aryl methyl sites for hydroxylation is 4. The lowest BCUT2D eigenvalue weighted by Crippen LogP contribution is -2.48. The van der Waals surface area contributed by atoms with E-state index < -0.39 is 0 Å². The highest BCUT2D eigenvalue weighted by Crippen LogP contribution is 2.13. The van der Waals surface area contributed by atoms with E-state index in [0.29, 0.717) is 5.95 Å². The van der Waals surface area contributed by atoms with Gasteiger partial charge in [0.05, 0.1) is 6.21 Å². The fourth-order valence-corrected chi connectivity index (χ4v) is 1.96. The first-order valence-corrected chi connectivity index (χ1v) is 6.64. The molecule has 0 radical (unpaired) electrons. The Hall–Kier alpha value is -2.37. The number of H-pyrrole nitrogens is 1. The van der Waals surface area contributed by atoms with Crippen molar-refractivity contribution in [3.05, 3.63) is 40.2 Å². The quantitative estimate of drug-likeness (QED) is 0.340. The molecule has 1 heterocycles. The first kappa shape index (κ1) is 14.0. The van der Waals surface area contributed by atoms with Crippen LogP contribution in [0.2, 0.25) is 0 Å². The average Bonchev–Trinajstić information content (AvgIpc) is 2.76. The predicted molar refractivity (Wildman–Crippen MR) is 80.2 cm³/mol. The van der Waals surface area contributed by atoms with E-state index in [1.54, 1.807) is 6.21 Å². The minimum Gasteiger partial charge on any atom is -0.298 e. The van der Waals surface area contributed by atoms with Crippen LogP contribution in [0.3, 0.4) is 0 Å². The molecule has 0 amide bonds. The summed E-state index contributed by atoms with van der Waals surface area (Å²) in [6.07, 6.45) is 2.56. The molecule has 0 bridgehead atoms. The van der Waals surface area contributed by atoms with Crippen molar-refractivity contribution in [1.82, 2.24) is 10.2 Å². The molecule has 6 nitrogen and oxygen atoms in total. The maximum atomic E-state index is 5.85. The Kier molecular flexibility index (Phi) is 4.02. The minimum absolute atomic E-state index is 0.486. The molecule has 0 spiro atoms. The Balaban J connectivity index is 2.14. The number of rotatable bonds is 4. The van der Waals surface area contributed by atoms with Crippen LogP contribution in [0, 0.1) is 20.8 Å². The number of nitrogens with two attached hydrogens (primary N) is 1. The Bertz CT molecular complexity index is 641. The summed E-state index contributed by atoms with van der Waals surface area (Å²) in [4.78, 5) is 0. The number of hydrogen-bond donors (Lipinski definition) is 3. The van der Waals surface area contributed by atoms with Crippen LogP contribution in [0.1, 0.15) is 35.0 Å². The fourth-order valence-electron chi connectivity index (χ4n) is 1.96. The molecule has 0 atom stereocenters. The molecule has 0 unspecified atom stereocenters. The fraction of sp³-hybridized carbons (Fsp3) is 0.357. The molecular formula is C14H21N6+. The zero-order chi connectivity index (χ0) is 14.7. The first-order chi connectivity index (χ1) is 9.52. The average molecular weight is 273 g/mol. The molecule has 0 saturated carbocycles. The van der Waals surface area contributed by atoms with Crippen LogP contribution in [0.25, 0.3) is 0 Å². The van der Waals surface area contributed by atoms with Crippen molar-refractivity contribution in [3.8, 4) is 0 Å². The Morgan fingerprint density at radius 2 is 2.00 bits per heavy atom. The van der Waals surface area contributed by atoms with Gasteiger partial charge >= 0.3 is 5.95 Å². The highest BCUT2D eigenvalue weighted by atomic mass is 15.5. The van der Waals surface area contributed by atoms with Gasteiger partial charge in [0.15, 0.2) is 0 Å². The molecule has 106 valence electrons. The van der Waals surface area contributed by atoms with Gasteiger partial charge in [0.2, 0.25) is 5.82 Å². The SMILES string of the molecule is CCc1[nH]nc(NN=Cc2cc(C)c(C)cc2C)[n+]1N. The van der Waals surface area contributed by atoms with Gasteiger partial charge in [0, 0.05) is 11.5 Å². The number of nitrogens with zero attached hydrogens (tertiary/aromatic N) is 3. The van der Waals surface area contributed by atoms with Crippen LogP contribution >= 0.6 is 0 Å². The van der Waals surface area contributed by atoms with Gasteiger partial charge < -0.3 is 0 Å². The molecule has 6 heteroatoms. The Morgan fingerprint density at radius 1 is 1.30 bits per heavy atom.